The van der Waals surface area contributed by atoms with Gasteiger partial charge >= 0.3 is 5.97 Å². The van der Waals surface area contributed by atoms with Crippen LogP contribution in [-0.4, -0.2) is 43.4 Å². The molecule has 7 nitrogen and oxygen atoms in total. The summed E-state index contributed by atoms with van der Waals surface area (Å²) in [4.78, 5) is 14.3. The number of thiophene rings is 1. The number of carbonyl (C=O) groups is 1. The molecule has 5 rings (SSSR count). The Balaban J connectivity index is 1.70. The Labute approximate surface area is 220 Å². The van der Waals surface area contributed by atoms with Crippen molar-refractivity contribution < 1.29 is 18.3 Å². The van der Waals surface area contributed by atoms with Gasteiger partial charge in [-0.3, -0.25) is 0 Å². The maximum absolute atomic E-state index is 14.1. The zero-order valence-electron chi connectivity index (χ0n) is 19.9. The molecule has 1 fully saturated rings. The third-order valence-electron chi connectivity index (χ3n) is 7.32. The first-order valence-electron chi connectivity index (χ1n) is 12.0. The number of nitrogen functional groups attached to an aromatic ring is 1. The number of sulfonamides is 1. The summed E-state index contributed by atoms with van der Waals surface area (Å²) < 4.78 is 29.7. The van der Waals surface area contributed by atoms with Crippen molar-refractivity contribution in [3.05, 3.63) is 58.4 Å². The molecular formula is C26H28ClN3O4S2. The number of benzene rings is 2. The van der Waals surface area contributed by atoms with Crippen LogP contribution >= 0.6 is 22.9 Å². The average Bonchev–Trinajstić information content (AvgIpc) is 3.23. The predicted octanol–water partition coefficient (Wildman–Crippen LogP) is 6.07. The summed E-state index contributed by atoms with van der Waals surface area (Å²) >= 11 is 7.72. The van der Waals surface area contributed by atoms with E-state index in [9.17, 15) is 18.3 Å². The lowest BCUT2D eigenvalue weighted by molar-refractivity contribution is 0.0703. The normalized spacial score (nSPS) is 20.6. The van der Waals surface area contributed by atoms with Gasteiger partial charge in [-0.15, -0.1) is 11.3 Å². The van der Waals surface area contributed by atoms with Crippen LogP contribution in [0.15, 0.2) is 53.4 Å². The first kappa shape index (κ1) is 25.1. The fourth-order valence-electron chi connectivity index (χ4n) is 5.41. The van der Waals surface area contributed by atoms with Gasteiger partial charge in [-0.2, -0.15) is 4.31 Å². The van der Waals surface area contributed by atoms with Crippen molar-refractivity contribution in [1.82, 2.24) is 4.31 Å². The van der Waals surface area contributed by atoms with Crippen molar-refractivity contribution in [2.45, 2.75) is 43.0 Å². The van der Waals surface area contributed by atoms with E-state index in [4.69, 9.17) is 17.3 Å². The average molecular weight is 546 g/mol. The number of carboxylic acids is 1. The third kappa shape index (κ3) is 4.38. The number of carboxylic acid groups (broad SMARTS) is 1. The molecule has 1 atom stereocenters. The Morgan fingerprint density at radius 2 is 1.81 bits per heavy atom. The number of likely N-dealkylation sites (N-methyl/N-ethyl adjacent to an activating group) is 1. The number of hydrogen-bond acceptors (Lipinski definition) is 6. The van der Waals surface area contributed by atoms with Gasteiger partial charge in [-0.05, 0) is 49.1 Å². The highest BCUT2D eigenvalue weighted by Gasteiger charge is 2.41. The molecule has 3 N–H and O–H groups in total. The van der Waals surface area contributed by atoms with Crippen LogP contribution in [0.1, 0.15) is 41.8 Å². The van der Waals surface area contributed by atoms with Gasteiger partial charge in [0, 0.05) is 35.8 Å². The lowest BCUT2D eigenvalue weighted by Gasteiger charge is -2.36. The molecule has 1 aliphatic carbocycles. The number of rotatable bonds is 4. The van der Waals surface area contributed by atoms with Gasteiger partial charge in [0.25, 0.3) is 0 Å². The molecule has 10 heteroatoms. The quantitative estimate of drug-likeness (QED) is 0.412. The molecule has 190 valence electrons. The van der Waals surface area contributed by atoms with Gasteiger partial charge < -0.3 is 15.7 Å². The number of para-hydroxylation sites is 1. The maximum Gasteiger partial charge on any atom is 0.348 e. The summed E-state index contributed by atoms with van der Waals surface area (Å²) in [5, 5.41) is 9.78. The Morgan fingerprint density at radius 1 is 1.11 bits per heavy atom. The van der Waals surface area contributed by atoms with Crippen LogP contribution in [0.5, 0.6) is 0 Å². The number of nitrogens with two attached hydrogens (primary N) is 1. The summed E-state index contributed by atoms with van der Waals surface area (Å²) in [6.07, 6.45) is 5.40. The zero-order chi connectivity index (χ0) is 25.6. The van der Waals surface area contributed by atoms with Crippen molar-refractivity contribution in [3.63, 3.8) is 0 Å². The van der Waals surface area contributed by atoms with Gasteiger partial charge in [-0.1, -0.05) is 49.1 Å². The lowest BCUT2D eigenvalue weighted by atomic mass is 9.83. The number of anilines is 3. The third-order valence-corrected chi connectivity index (χ3v) is 10.7. The highest BCUT2D eigenvalue weighted by atomic mass is 35.5. The van der Waals surface area contributed by atoms with Gasteiger partial charge in [0.05, 0.1) is 16.4 Å². The lowest BCUT2D eigenvalue weighted by Crippen LogP contribution is -2.46. The molecule has 36 heavy (non-hydrogen) atoms. The van der Waals surface area contributed by atoms with E-state index in [1.54, 1.807) is 19.2 Å². The smallest absolute Gasteiger partial charge is 0.348 e. The van der Waals surface area contributed by atoms with Crippen molar-refractivity contribution >= 4 is 56.0 Å². The van der Waals surface area contributed by atoms with Crippen LogP contribution in [-0.2, 0) is 10.0 Å². The number of nitrogens with zero attached hydrogens (tertiary/aromatic N) is 2. The van der Waals surface area contributed by atoms with E-state index >= 15 is 0 Å². The molecule has 0 amide bonds. The van der Waals surface area contributed by atoms with E-state index in [0.29, 0.717) is 27.7 Å². The van der Waals surface area contributed by atoms with Crippen LogP contribution in [0.2, 0.25) is 5.02 Å². The van der Waals surface area contributed by atoms with E-state index in [0.717, 1.165) is 42.7 Å². The largest absolute Gasteiger partial charge is 0.477 e. The van der Waals surface area contributed by atoms with Gasteiger partial charge in [0.1, 0.15) is 9.77 Å². The van der Waals surface area contributed by atoms with Crippen molar-refractivity contribution in [3.8, 4) is 10.4 Å². The number of aromatic carboxylic acids is 1. The minimum absolute atomic E-state index is 0.000686. The summed E-state index contributed by atoms with van der Waals surface area (Å²) in [5.41, 5.74) is 7.89. The van der Waals surface area contributed by atoms with E-state index in [1.807, 2.05) is 30.3 Å². The minimum Gasteiger partial charge on any atom is -0.477 e. The fourth-order valence-corrected chi connectivity index (χ4v) is 8.28. The molecule has 0 radical (unpaired) electrons. The second-order valence-electron chi connectivity index (χ2n) is 9.43. The summed E-state index contributed by atoms with van der Waals surface area (Å²) in [6, 6.07) is 14.3. The van der Waals surface area contributed by atoms with Crippen LogP contribution in [0.3, 0.4) is 0 Å². The Bertz CT molecular complexity index is 1400. The molecule has 2 aromatic carbocycles. The standard InChI is InChI=1S/C26H28ClN3O4S2/c1-29-22(16-8-4-2-5-9-16)15-30(17-10-6-3-7-11-17)21-13-19(27)18(12-24(21)36(29,33)34)23-14-20(28)25(35-23)26(31)32/h3,6-7,10-14,16,22H,2,4-5,8-9,15,28H2,1H3,(H,31,32)/t22-/m0/s1. The molecule has 0 spiro atoms. The van der Waals surface area contributed by atoms with Crippen molar-refractivity contribution in [2.24, 2.45) is 5.92 Å². The molecule has 1 aromatic heterocycles. The van der Waals surface area contributed by atoms with Crippen LogP contribution in [0.25, 0.3) is 10.4 Å². The van der Waals surface area contributed by atoms with Crippen LogP contribution in [0, 0.1) is 5.92 Å². The van der Waals surface area contributed by atoms with E-state index in [1.165, 1.54) is 16.8 Å². The van der Waals surface area contributed by atoms with Crippen LogP contribution in [0.4, 0.5) is 17.1 Å². The first-order chi connectivity index (χ1) is 17.2. The molecule has 1 aliphatic heterocycles. The predicted molar refractivity (Wildman–Crippen MR) is 145 cm³/mol. The molecule has 0 saturated heterocycles. The summed E-state index contributed by atoms with van der Waals surface area (Å²) in [5.74, 6) is -0.864. The second kappa shape index (κ2) is 9.70. The highest BCUT2D eigenvalue weighted by molar-refractivity contribution is 7.89. The van der Waals surface area contributed by atoms with E-state index in [-0.39, 0.29) is 27.4 Å². The highest BCUT2D eigenvalue weighted by Crippen LogP contribution is 2.46. The molecular weight excluding hydrogens is 518 g/mol. The first-order valence-corrected chi connectivity index (χ1v) is 14.6. The zero-order valence-corrected chi connectivity index (χ0v) is 22.2. The molecule has 2 aliphatic rings. The minimum atomic E-state index is -3.87. The molecule has 1 saturated carbocycles. The maximum atomic E-state index is 14.1. The van der Waals surface area contributed by atoms with Gasteiger partial charge in [0.2, 0.25) is 10.0 Å². The molecule has 2 heterocycles. The number of fused-ring (bicyclic) bond motifs is 1. The molecule has 0 bridgehead atoms. The Morgan fingerprint density at radius 3 is 2.44 bits per heavy atom. The molecule has 3 aromatic rings. The van der Waals surface area contributed by atoms with Gasteiger partial charge in [0.15, 0.2) is 0 Å². The summed E-state index contributed by atoms with van der Waals surface area (Å²) in [7, 11) is -2.20. The number of halogens is 1. The van der Waals surface area contributed by atoms with E-state index < -0.39 is 16.0 Å². The van der Waals surface area contributed by atoms with Crippen LogP contribution < -0.4 is 10.6 Å². The molecule has 0 unspecified atom stereocenters. The number of hydrogen-bond donors (Lipinski definition) is 2. The Hall–Kier alpha value is -2.59. The van der Waals surface area contributed by atoms with Crippen molar-refractivity contribution in [2.75, 3.05) is 24.2 Å². The van der Waals surface area contributed by atoms with Crippen molar-refractivity contribution in [1.29, 1.82) is 0 Å². The summed E-state index contributed by atoms with van der Waals surface area (Å²) in [6.45, 7) is 0.516. The monoisotopic (exact) mass is 545 g/mol. The topological polar surface area (TPSA) is 104 Å². The second-order valence-corrected chi connectivity index (χ2v) is 12.9. The SMILES string of the molecule is CN1[C@H](C2CCCCC2)CN(c2ccccc2)c2cc(Cl)c(-c3cc(N)c(C(=O)O)s3)cc2S1(=O)=O. The fraction of sp³-hybridized carbons (Fsp3) is 0.346. The van der Waals surface area contributed by atoms with E-state index in [2.05, 4.69) is 4.90 Å². The van der Waals surface area contributed by atoms with Gasteiger partial charge in [-0.25, -0.2) is 13.2 Å². The Kier molecular flexibility index (Phi) is 6.76.